The highest BCUT2D eigenvalue weighted by atomic mass is 32.1. The van der Waals surface area contributed by atoms with Crippen molar-refractivity contribution in [3.8, 4) is 0 Å². The number of methoxy groups -OCH3 is 1. The van der Waals surface area contributed by atoms with Gasteiger partial charge < -0.3 is 9.30 Å². The molecule has 0 aliphatic heterocycles. The van der Waals surface area contributed by atoms with Gasteiger partial charge in [-0.05, 0) is 68.4 Å². The van der Waals surface area contributed by atoms with Crippen LogP contribution in [0.25, 0.3) is 10.2 Å². The van der Waals surface area contributed by atoms with Gasteiger partial charge in [-0.15, -0.1) is 0 Å². The van der Waals surface area contributed by atoms with E-state index in [1.807, 2.05) is 28.8 Å². The van der Waals surface area contributed by atoms with E-state index in [-0.39, 0.29) is 23.8 Å². The summed E-state index contributed by atoms with van der Waals surface area (Å²) in [6.07, 6.45) is 6.92. The minimum absolute atomic E-state index is 0.0340. The second-order valence-corrected chi connectivity index (χ2v) is 9.64. The molecule has 1 aromatic carbocycles. The van der Waals surface area contributed by atoms with Gasteiger partial charge in [0, 0.05) is 0 Å². The number of nitrogens with zero attached hydrogens (tertiary/aromatic N) is 2. The van der Waals surface area contributed by atoms with E-state index in [2.05, 4.69) is 4.99 Å². The molecule has 1 amide bonds. The van der Waals surface area contributed by atoms with Gasteiger partial charge in [-0.3, -0.25) is 9.59 Å². The van der Waals surface area contributed by atoms with E-state index in [9.17, 15) is 9.59 Å². The van der Waals surface area contributed by atoms with Crippen molar-refractivity contribution in [1.82, 2.24) is 4.57 Å². The summed E-state index contributed by atoms with van der Waals surface area (Å²) in [4.78, 5) is 30.5. The molecule has 4 saturated carbocycles. The zero-order valence-corrected chi connectivity index (χ0v) is 16.3. The molecule has 27 heavy (non-hydrogen) atoms. The molecule has 6 rings (SSSR count). The molecule has 0 spiro atoms. The predicted octanol–water partition coefficient (Wildman–Crippen LogP) is 3.52. The molecule has 5 nitrogen and oxygen atoms in total. The molecule has 2 aromatic rings. The topological polar surface area (TPSA) is 60.7 Å². The molecule has 0 saturated heterocycles. The molecular formula is C21H24N2O3S. The summed E-state index contributed by atoms with van der Waals surface area (Å²) in [7, 11) is 1.38. The third kappa shape index (κ3) is 2.85. The van der Waals surface area contributed by atoms with Crippen molar-refractivity contribution in [2.75, 3.05) is 7.11 Å². The lowest BCUT2D eigenvalue weighted by Gasteiger charge is -2.55. The summed E-state index contributed by atoms with van der Waals surface area (Å²) in [6, 6.07) is 7.87. The highest BCUT2D eigenvalue weighted by Gasteiger charge is 2.54. The molecule has 4 aliphatic rings. The van der Waals surface area contributed by atoms with E-state index >= 15 is 0 Å². The van der Waals surface area contributed by atoms with Crippen molar-refractivity contribution in [3.05, 3.63) is 29.1 Å². The number of carbonyl (C=O) groups is 2. The Morgan fingerprint density at radius 3 is 2.41 bits per heavy atom. The van der Waals surface area contributed by atoms with Gasteiger partial charge in [0.25, 0.3) is 5.91 Å². The van der Waals surface area contributed by atoms with Crippen LogP contribution >= 0.6 is 11.3 Å². The summed E-state index contributed by atoms with van der Waals surface area (Å²) in [5, 5.41) is 0. The molecule has 6 heteroatoms. The Balaban J connectivity index is 1.56. The number of rotatable bonds is 3. The van der Waals surface area contributed by atoms with Crippen LogP contribution in [0, 0.1) is 23.2 Å². The minimum Gasteiger partial charge on any atom is -0.468 e. The van der Waals surface area contributed by atoms with Crippen molar-refractivity contribution in [2.24, 2.45) is 28.2 Å². The van der Waals surface area contributed by atoms with Crippen LogP contribution in [0.3, 0.4) is 0 Å². The van der Waals surface area contributed by atoms with Crippen molar-refractivity contribution in [1.29, 1.82) is 0 Å². The fraction of sp³-hybridized carbons (Fsp3) is 0.571. The molecular weight excluding hydrogens is 360 g/mol. The Morgan fingerprint density at radius 2 is 1.78 bits per heavy atom. The maximum atomic E-state index is 13.4. The summed E-state index contributed by atoms with van der Waals surface area (Å²) < 4.78 is 7.70. The van der Waals surface area contributed by atoms with Gasteiger partial charge in [0.2, 0.25) is 0 Å². The number of esters is 1. The number of carbonyl (C=O) groups excluding carboxylic acids is 2. The van der Waals surface area contributed by atoms with Crippen LogP contribution < -0.4 is 4.80 Å². The number of benzene rings is 1. The zero-order chi connectivity index (χ0) is 18.6. The average molecular weight is 385 g/mol. The second kappa shape index (κ2) is 6.30. The SMILES string of the molecule is COC(=O)Cn1c(=NC(=O)C23CC4CC(CC(C4)C2)C3)sc2ccccc21. The highest BCUT2D eigenvalue weighted by molar-refractivity contribution is 7.16. The van der Waals surface area contributed by atoms with Crippen molar-refractivity contribution < 1.29 is 14.3 Å². The van der Waals surface area contributed by atoms with E-state index in [0.29, 0.717) is 22.6 Å². The van der Waals surface area contributed by atoms with Gasteiger partial charge in [0.1, 0.15) is 6.54 Å². The Morgan fingerprint density at radius 1 is 1.15 bits per heavy atom. The number of hydrogen-bond donors (Lipinski definition) is 0. The van der Waals surface area contributed by atoms with Crippen LogP contribution in [0.4, 0.5) is 0 Å². The van der Waals surface area contributed by atoms with Crippen LogP contribution in [0.5, 0.6) is 0 Å². The molecule has 4 fully saturated rings. The first-order valence-electron chi connectivity index (χ1n) is 9.81. The van der Waals surface area contributed by atoms with E-state index in [4.69, 9.17) is 4.74 Å². The number of thiazole rings is 1. The summed E-state index contributed by atoms with van der Waals surface area (Å²) in [5.41, 5.74) is 0.665. The molecule has 4 aliphatic carbocycles. The van der Waals surface area contributed by atoms with Gasteiger partial charge >= 0.3 is 5.97 Å². The minimum atomic E-state index is -0.331. The Kier molecular flexibility index (Phi) is 4.00. The third-order valence-corrected chi connectivity index (χ3v) is 7.85. The Hall–Kier alpha value is -1.95. The molecule has 0 atom stereocenters. The fourth-order valence-corrected chi connectivity index (χ4v) is 7.06. The van der Waals surface area contributed by atoms with Crippen molar-refractivity contribution >= 4 is 33.4 Å². The molecule has 0 N–H and O–H groups in total. The van der Waals surface area contributed by atoms with Crippen LogP contribution in [-0.4, -0.2) is 23.6 Å². The molecule has 1 aromatic heterocycles. The number of para-hydroxylation sites is 1. The number of ether oxygens (including phenoxy) is 1. The van der Waals surface area contributed by atoms with E-state index in [1.54, 1.807) is 0 Å². The first kappa shape index (κ1) is 17.2. The Labute approximate surface area is 162 Å². The first-order chi connectivity index (χ1) is 13.1. The highest BCUT2D eigenvalue weighted by Crippen LogP contribution is 2.60. The quantitative estimate of drug-likeness (QED) is 0.761. The lowest BCUT2D eigenvalue weighted by molar-refractivity contribution is -0.143. The summed E-state index contributed by atoms with van der Waals surface area (Å²) in [6.45, 7) is 0.0769. The summed E-state index contributed by atoms with van der Waals surface area (Å²) >= 11 is 1.48. The average Bonchev–Trinajstić information content (AvgIpc) is 2.97. The zero-order valence-electron chi connectivity index (χ0n) is 15.5. The number of amides is 1. The van der Waals surface area contributed by atoms with E-state index in [1.165, 1.54) is 37.7 Å². The van der Waals surface area contributed by atoms with E-state index in [0.717, 1.165) is 29.5 Å². The monoisotopic (exact) mass is 384 g/mol. The lowest BCUT2D eigenvalue weighted by atomic mass is 9.49. The largest absolute Gasteiger partial charge is 0.468 e. The van der Waals surface area contributed by atoms with E-state index < -0.39 is 0 Å². The fourth-order valence-electron chi connectivity index (χ4n) is 6.03. The summed E-state index contributed by atoms with van der Waals surface area (Å²) in [5.74, 6) is 1.83. The van der Waals surface area contributed by atoms with Gasteiger partial charge in [-0.25, -0.2) is 0 Å². The van der Waals surface area contributed by atoms with Crippen LogP contribution in [0.1, 0.15) is 38.5 Å². The van der Waals surface area contributed by atoms with Crippen LogP contribution in [0.2, 0.25) is 0 Å². The molecule has 142 valence electrons. The van der Waals surface area contributed by atoms with Crippen LogP contribution in [-0.2, 0) is 20.9 Å². The number of hydrogen-bond acceptors (Lipinski definition) is 4. The normalized spacial score (nSPS) is 32.2. The van der Waals surface area contributed by atoms with Crippen molar-refractivity contribution in [3.63, 3.8) is 0 Å². The maximum Gasteiger partial charge on any atom is 0.325 e. The lowest BCUT2D eigenvalue weighted by Crippen LogP contribution is -2.50. The van der Waals surface area contributed by atoms with Gasteiger partial charge in [-0.1, -0.05) is 23.5 Å². The van der Waals surface area contributed by atoms with Gasteiger partial charge in [0.15, 0.2) is 4.80 Å². The smallest absolute Gasteiger partial charge is 0.325 e. The van der Waals surface area contributed by atoms with Crippen molar-refractivity contribution in [2.45, 2.75) is 45.1 Å². The number of aromatic nitrogens is 1. The van der Waals surface area contributed by atoms with Gasteiger partial charge in [0.05, 0.1) is 22.7 Å². The third-order valence-electron chi connectivity index (χ3n) is 6.79. The van der Waals surface area contributed by atoms with Crippen LogP contribution in [0.15, 0.2) is 29.3 Å². The molecule has 0 unspecified atom stereocenters. The maximum absolute atomic E-state index is 13.4. The molecule has 1 heterocycles. The first-order valence-corrected chi connectivity index (χ1v) is 10.6. The second-order valence-electron chi connectivity index (χ2n) is 8.63. The molecule has 0 radical (unpaired) electrons. The van der Waals surface area contributed by atoms with Gasteiger partial charge in [-0.2, -0.15) is 4.99 Å². The number of fused-ring (bicyclic) bond motifs is 1. The molecule has 4 bridgehead atoms. The standard InChI is InChI=1S/C21H24N2O3S/c1-26-18(24)12-23-16-4-2-3-5-17(16)27-20(23)22-19(25)21-9-13-6-14(10-21)8-15(7-13)11-21/h2-5,13-15H,6-12H2,1H3. The Bertz CT molecular complexity index is 951. The predicted molar refractivity (Wildman–Crippen MR) is 103 cm³/mol.